The molecule has 0 N–H and O–H groups in total. The van der Waals surface area contributed by atoms with Gasteiger partial charge >= 0.3 is 6.18 Å². The van der Waals surface area contributed by atoms with E-state index in [2.05, 4.69) is 4.98 Å². The zero-order chi connectivity index (χ0) is 13.2. The number of alkyl halides is 3. The average Bonchev–Trinajstić information content (AvgIpc) is 2.32. The molecule has 0 saturated heterocycles. The number of nitrogens with zero attached hydrogens (tertiary/aromatic N) is 1. The lowest BCUT2D eigenvalue weighted by Crippen LogP contribution is -2.05. The Morgan fingerprint density at radius 1 is 1.11 bits per heavy atom. The summed E-state index contributed by atoms with van der Waals surface area (Å²) < 4.78 is 42.4. The molecular formula is C12H7ClF3NO. The molecule has 0 unspecified atom stereocenters. The molecule has 2 aromatic rings. The number of ether oxygens (including phenoxy) is 1. The van der Waals surface area contributed by atoms with Gasteiger partial charge in [0.05, 0.1) is 5.56 Å². The fourth-order valence-electron chi connectivity index (χ4n) is 1.26. The smallest absolute Gasteiger partial charge is 0.417 e. The van der Waals surface area contributed by atoms with Gasteiger partial charge in [-0.15, -0.1) is 0 Å². The number of pyridine rings is 1. The maximum atomic E-state index is 12.4. The van der Waals surface area contributed by atoms with Crippen molar-refractivity contribution >= 4 is 11.6 Å². The molecule has 6 heteroatoms. The number of para-hydroxylation sites is 1. The maximum absolute atomic E-state index is 12.4. The summed E-state index contributed by atoms with van der Waals surface area (Å²) in [4.78, 5) is 3.57. The van der Waals surface area contributed by atoms with Gasteiger partial charge in [0, 0.05) is 6.20 Å². The summed E-state index contributed by atoms with van der Waals surface area (Å²) in [6.07, 6.45) is -3.79. The molecule has 0 atom stereocenters. The summed E-state index contributed by atoms with van der Waals surface area (Å²) in [5.41, 5.74) is -0.909. The van der Waals surface area contributed by atoms with Crippen molar-refractivity contribution in [3.8, 4) is 11.6 Å². The van der Waals surface area contributed by atoms with E-state index in [4.69, 9.17) is 16.3 Å². The predicted octanol–water partition coefficient (Wildman–Crippen LogP) is 4.55. The molecule has 1 heterocycles. The zero-order valence-electron chi connectivity index (χ0n) is 8.91. The van der Waals surface area contributed by atoms with Crippen LogP contribution in [0.3, 0.4) is 0 Å². The van der Waals surface area contributed by atoms with Gasteiger partial charge in [-0.05, 0) is 18.2 Å². The van der Waals surface area contributed by atoms with E-state index in [1.807, 2.05) is 0 Å². The fraction of sp³-hybridized carbons (Fsp3) is 0.0833. The molecule has 0 fully saturated rings. The van der Waals surface area contributed by atoms with Crippen molar-refractivity contribution in [3.63, 3.8) is 0 Å². The van der Waals surface area contributed by atoms with Gasteiger partial charge in [-0.1, -0.05) is 29.8 Å². The van der Waals surface area contributed by atoms with Crippen LogP contribution in [0.4, 0.5) is 13.2 Å². The van der Waals surface area contributed by atoms with Gasteiger partial charge in [0.1, 0.15) is 10.8 Å². The van der Waals surface area contributed by atoms with Gasteiger partial charge in [-0.3, -0.25) is 0 Å². The summed E-state index contributed by atoms with van der Waals surface area (Å²) >= 11 is 5.70. The first-order valence-electron chi connectivity index (χ1n) is 4.92. The molecule has 0 aliphatic carbocycles. The molecule has 2 rings (SSSR count). The molecule has 0 aliphatic rings. The Balaban J connectivity index is 2.26. The highest BCUT2D eigenvalue weighted by molar-refractivity contribution is 6.31. The molecular weight excluding hydrogens is 267 g/mol. The standard InChI is InChI=1S/C12H7ClF3NO/c13-10-6-8(12(14,15)16)7-17-11(10)18-9-4-2-1-3-5-9/h1-7H. The second-order valence-corrected chi connectivity index (χ2v) is 3.83. The minimum atomic E-state index is -4.47. The second kappa shape index (κ2) is 4.86. The van der Waals surface area contributed by atoms with Crippen LogP contribution in [0.15, 0.2) is 42.6 Å². The number of aromatic nitrogens is 1. The molecule has 0 saturated carbocycles. The monoisotopic (exact) mass is 273 g/mol. The van der Waals surface area contributed by atoms with Gasteiger partial charge in [0.2, 0.25) is 5.88 Å². The molecule has 0 radical (unpaired) electrons. The van der Waals surface area contributed by atoms with E-state index in [0.717, 1.165) is 6.07 Å². The first-order valence-corrected chi connectivity index (χ1v) is 5.30. The van der Waals surface area contributed by atoms with E-state index in [-0.39, 0.29) is 10.9 Å². The van der Waals surface area contributed by atoms with Crippen LogP contribution in [0.25, 0.3) is 0 Å². The third-order valence-corrected chi connectivity index (χ3v) is 2.36. The van der Waals surface area contributed by atoms with E-state index in [0.29, 0.717) is 11.9 Å². The van der Waals surface area contributed by atoms with Crippen LogP contribution < -0.4 is 4.74 Å². The molecule has 1 aromatic heterocycles. The van der Waals surface area contributed by atoms with Crippen molar-refractivity contribution in [2.24, 2.45) is 0 Å². The summed E-state index contributed by atoms with van der Waals surface area (Å²) in [7, 11) is 0. The number of hydrogen-bond acceptors (Lipinski definition) is 2. The Kier molecular flexibility index (Phi) is 3.43. The third kappa shape index (κ3) is 2.92. The topological polar surface area (TPSA) is 22.1 Å². The third-order valence-electron chi connectivity index (χ3n) is 2.09. The summed E-state index contributed by atoms with van der Waals surface area (Å²) in [5.74, 6) is 0.391. The quantitative estimate of drug-likeness (QED) is 0.801. The number of rotatable bonds is 2. The Hall–Kier alpha value is -1.75. The van der Waals surface area contributed by atoms with E-state index < -0.39 is 11.7 Å². The largest absolute Gasteiger partial charge is 0.438 e. The minimum absolute atomic E-state index is 0.0594. The lowest BCUT2D eigenvalue weighted by atomic mass is 10.3. The molecule has 2 nitrogen and oxygen atoms in total. The van der Waals surface area contributed by atoms with E-state index in [1.54, 1.807) is 30.3 Å². The van der Waals surface area contributed by atoms with E-state index >= 15 is 0 Å². The van der Waals surface area contributed by atoms with Gasteiger partial charge < -0.3 is 4.74 Å². The van der Waals surface area contributed by atoms with E-state index in [1.165, 1.54) is 0 Å². The maximum Gasteiger partial charge on any atom is 0.417 e. The Labute approximate surface area is 106 Å². The molecule has 18 heavy (non-hydrogen) atoms. The first kappa shape index (κ1) is 12.7. The highest BCUT2D eigenvalue weighted by Gasteiger charge is 2.31. The summed E-state index contributed by atoms with van der Waals surface area (Å²) in [6.45, 7) is 0. The normalized spacial score (nSPS) is 11.3. The zero-order valence-corrected chi connectivity index (χ0v) is 9.66. The van der Waals surface area contributed by atoms with Crippen LogP contribution in [0.1, 0.15) is 5.56 Å². The van der Waals surface area contributed by atoms with Gasteiger partial charge in [-0.25, -0.2) is 4.98 Å². The summed E-state index contributed by atoms with van der Waals surface area (Å²) in [6, 6.07) is 9.33. The first-order chi connectivity index (χ1) is 8.47. The second-order valence-electron chi connectivity index (χ2n) is 3.42. The van der Waals surface area contributed by atoms with Crippen molar-refractivity contribution < 1.29 is 17.9 Å². The molecule has 94 valence electrons. The molecule has 0 spiro atoms. The average molecular weight is 274 g/mol. The fourth-order valence-corrected chi connectivity index (χ4v) is 1.46. The van der Waals surface area contributed by atoms with E-state index in [9.17, 15) is 13.2 Å². The van der Waals surface area contributed by atoms with Crippen LogP contribution in [-0.2, 0) is 6.18 Å². The Morgan fingerprint density at radius 3 is 2.33 bits per heavy atom. The van der Waals surface area contributed by atoms with Crippen LogP contribution in [0.5, 0.6) is 11.6 Å². The minimum Gasteiger partial charge on any atom is -0.438 e. The number of benzene rings is 1. The number of halogens is 4. The molecule has 0 amide bonds. The molecule has 0 bridgehead atoms. The van der Waals surface area contributed by atoms with Crippen LogP contribution in [0.2, 0.25) is 5.02 Å². The highest BCUT2D eigenvalue weighted by Crippen LogP contribution is 2.34. The lowest BCUT2D eigenvalue weighted by Gasteiger charge is -2.09. The lowest BCUT2D eigenvalue weighted by molar-refractivity contribution is -0.137. The van der Waals surface area contributed by atoms with Gasteiger partial charge in [0.15, 0.2) is 0 Å². The SMILES string of the molecule is FC(F)(F)c1cnc(Oc2ccccc2)c(Cl)c1. The van der Waals surface area contributed by atoms with Crippen molar-refractivity contribution in [3.05, 3.63) is 53.2 Å². The summed E-state index contributed by atoms with van der Waals surface area (Å²) in [5, 5.41) is -0.186. The molecule has 1 aromatic carbocycles. The van der Waals surface area contributed by atoms with Crippen LogP contribution in [0, 0.1) is 0 Å². The van der Waals surface area contributed by atoms with Crippen molar-refractivity contribution in [1.82, 2.24) is 4.98 Å². The number of hydrogen-bond donors (Lipinski definition) is 0. The Morgan fingerprint density at radius 2 is 1.78 bits per heavy atom. The predicted molar refractivity (Wildman–Crippen MR) is 60.8 cm³/mol. The van der Waals surface area contributed by atoms with Gasteiger partial charge in [-0.2, -0.15) is 13.2 Å². The van der Waals surface area contributed by atoms with Gasteiger partial charge in [0.25, 0.3) is 0 Å². The molecule has 0 aliphatic heterocycles. The van der Waals surface area contributed by atoms with Crippen molar-refractivity contribution in [2.75, 3.05) is 0 Å². The highest BCUT2D eigenvalue weighted by atomic mass is 35.5. The van der Waals surface area contributed by atoms with Crippen molar-refractivity contribution in [1.29, 1.82) is 0 Å². The Bertz CT molecular complexity index is 543. The van der Waals surface area contributed by atoms with Crippen LogP contribution in [-0.4, -0.2) is 4.98 Å². The van der Waals surface area contributed by atoms with Crippen LogP contribution >= 0.6 is 11.6 Å². The van der Waals surface area contributed by atoms with Crippen molar-refractivity contribution in [2.45, 2.75) is 6.18 Å².